The van der Waals surface area contributed by atoms with E-state index in [1.165, 1.54) is 18.2 Å². The van der Waals surface area contributed by atoms with Gasteiger partial charge in [0.15, 0.2) is 0 Å². The van der Waals surface area contributed by atoms with Gasteiger partial charge >= 0.3 is 6.09 Å². The molecular weight excluding hydrogens is 260 g/mol. The maximum atomic E-state index is 11.6. The van der Waals surface area contributed by atoms with Gasteiger partial charge in [0, 0.05) is 17.4 Å². The molecule has 0 saturated heterocycles. The summed E-state index contributed by atoms with van der Waals surface area (Å²) < 4.78 is 5.04. The number of ether oxygens (including phenoxy) is 1. The molecule has 0 aromatic heterocycles. The summed E-state index contributed by atoms with van der Waals surface area (Å²) in [4.78, 5) is 22.0. The van der Waals surface area contributed by atoms with Gasteiger partial charge in [-0.05, 0) is 24.3 Å². The van der Waals surface area contributed by atoms with Crippen molar-refractivity contribution in [2.75, 3.05) is 10.6 Å². The van der Waals surface area contributed by atoms with Gasteiger partial charge in [0.05, 0.1) is 0 Å². The average Bonchev–Trinajstić information content (AvgIpc) is 2.39. The molecule has 2 aromatic rings. The Bertz CT molecular complexity index is 614. The van der Waals surface area contributed by atoms with Crippen LogP contribution in [0.5, 0.6) is 5.75 Å². The number of nitrogens with one attached hydrogen (secondary N) is 2. The molecule has 0 aliphatic rings. The standard InChI is InChI=1S/C14H12N2O4/c17-13(18)15-11-7-4-8-12(9-11)20-14(19)16-10-5-2-1-3-6-10/h1-9,15H,(H,16,19)(H,17,18)/p-1. The molecule has 0 fully saturated rings. The minimum absolute atomic E-state index is 0.213. The molecule has 0 bridgehead atoms. The lowest BCUT2D eigenvalue weighted by Crippen LogP contribution is -2.28. The van der Waals surface area contributed by atoms with Crippen LogP contribution in [0, 0.1) is 0 Å². The van der Waals surface area contributed by atoms with Crippen LogP contribution in [0.25, 0.3) is 0 Å². The van der Waals surface area contributed by atoms with E-state index in [0.29, 0.717) is 5.69 Å². The predicted octanol–water partition coefficient (Wildman–Crippen LogP) is 2.05. The van der Waals surface area contributed by atoms with Crippen molar-refractivity contribution < 1.29 is 19.4 Å². The number of amides is 2. The predicted molar refractivity (Wildman–Crippen MR) is 71.5 cm³/mol. The summed E-state index contributed by atoms with van der Waals surface area (Å²) in [6.45, 7) is 0. The van der Waals surface area contributed by atoms with Gasteiger partial charge in [0.25, 0.3) is 0 Å². The third kappa shape index (κ3) is 4.02. The first-order valence-electron chi connectivity index (χ1n) is 5.75. The van der Waals surface area contributed by atoms with Gasteiger partial charge in [-0.1, -0.05) is 24.3 Å². The number of carbonyl (C=O) groups is 2. The van der Waals surface area contributed by atoms with Gasteiger partial charge in [-0.25, -0.2) is 4.79 Å². The largest absolute Gasteiger partial charge is 0.530 e. The Morgan fingerprint density at radius 1 is 0.900 bits per heavy atom. The zero-order chi connectivity index (χ0) is 14.4. The van der Waals surface area contributed by atoms with Gasteiger partial charge in [-0.3, -0.25) is 5.32 Å². The summed E-state index contributed by atoms with van der Waals surface area (Å²) in [7, 11) is 0. The molecule has 2 amide bonds. The van der Waals surface area contributed by atoms with Crippen LogP contribution in [0.4, 0.5) is 21.0 Å². The second-order valence-electron chi connectivity index (χ2n) is 3.82. The molecule has 2 rings (SSSR count). The Hall–Kier alpha value is -3.02. The molecule has 0 aliphatic carbocycles. The van der Waals surface area contributed by atoms with Crippen LogP contribution >= 0.6 is 0 Å². The fourth-order valence-corrected chi connectivity index (χ4v) is 1.53. The second-order valence-corrected chi connectivity index (χ2v) is 3.82. The lowest BCUT2D eigenvalue weighted by atomic mass is 10.3. The molecule has 0 unspecified atom stereocenters. The molecule has 2 aromatic carbocycles. The minimum Gasteiger partial charge on any atom is -0.530 e. The molecular formula is C14H11N2O4-. The number of hydrogen-bond acceptors (Lipinski definition) is 4. The van der Waals surface area contributed by atoms with E-state index in [2.05, 4.69) is 10.6 Å². The van der Waals surface area contributed by atoms with Crippen LogP contribution in [0.15, 0.2) is 54.6 Å². The van der Waals surface area contributed by atoms with Crippen molar-refractivity contribution in [2.45, 2.75) is 0 Å². The first-order chi connectivity index (χ1) is 9.63. The van der Waals surface area contributed by atoms with Crippen LogP contribution in [-0.2, 0) is 0 Å². The normalized spacial score (nSPS) is 9.60. The Kier molecular flexibility index (Phi) is 4.18. The van der Waals surface area contributed by atoms with Crippen molar-refractivity contribution >= 4 is 23.6 Å². The van der Waals surface area contributed by atoms with E-state index in [1.807, 2.05) is 6.07 Å². The first kappa shape index (κ1) is 13.4. The smallest absolute Gasteiger partial charge is 0.417 e. The van der Waals surface area contributed by atoms with E-state index >= 15 is 0 Å². The minimum atomic E-state index is -1.43. The van der Waals surface area contributed by atoms with Gasteiger partial charge < -0.3 is 20.0 Å². The monoisotopic (exact) mass is 271 g/mol. The molecule has 102 valence electrons. The maximum Gasteiger partial charge on any atom is 0.417 e. The maximum absolute atomic E-state index is 11.6. The van der Waals surface area contributed by atoms with Crippen LogP contribution in [0.1, 0.15) is 0 Å². The van der Waals surface area contributed by atoms with Gasteiger partial charge in [-0.15, -0.1) is 0 Å². The quantitative estimate of drug-likeness (QED) is 0.893. The Morgan fingerprint density at radius 2 is 1.60 bits per heavy atom. The molecule has 20 heavy (non-hydrogen) atoms. The van der Waals surface area contributed by atoms with E-state index in [-0.39, 0.29) is 11.4 Å². The summed E-state index contributed by atoms with van der Waals surface area (Å²) in [5, 5.41) is 15.0. The molecule has 0 saturated carbocycles. The molecule has 6 heteroatoms. The number of para-hydroxylation sites is 1. The van der Waals surface area contributed by atoms with Crippen molar-refractivity contribution in [1.29, 1.82) is 0 Å². The topological polar surface area (TPSA) is 90.5 Å². The van der Waals surface area contributed by atoms with Crippen molar-refractivity contribution in [1.82, 2.24) is 0 Å². The zero-order valence-electron chi connectivity index (χ0n) is 10.3. The highest BCUT2D eigenvalue weighted by Crippen LogP contribution is 2.18. The lowest BCUT2D eigenvalue weighted by Gasteiger charge is -2.09. The summed E-state index contributed by atoms with van der Waals surface area (Å²) in [6.07, 6.45) is -2.10. The van der Waals surface area contributed by atoms with Crippen LogP contribution in [0.3, 0.4) is 0 Å². The number of hydrogen-bond donors (Lipinski definition) is 2. The number of anilines is 2. The van der Waals surface area contributed by atoms with Crippen molar-refractivity contribution in [2.24, 2.45) is 0 Å². The van der Waals surface area contributed by atoms with Crippen LogP contribution in [-0.4, -0.2) is 12.2 Å². The van der Waals surface area contributed by atoms with Crippen molar-refractivity contribution in [3.8, 4) is 5.75 Å². The highest BCUT2D eigenvalue weighted by Gasteiger charge is 2.05. The summed E-state index contributed by atoms with van der Waals surface area (Å²) in [6, 6.07) is 14.8. The van der Waals surface area contributed by atoms with E-state index in [1.54, 1.807) is 30.3 Å². The van der Waals surface area contributed by atoms with E-state index < -0.39 is 12.2 Å². The molecule has 2 N–H and O–H groups in total. The number of carboxylic acid groups (broad SMARTS) is 1. The highest BCUT2D eigenvalue weighted by atomic mass is 16.6. The average molecular weight is 271 g/mol. The fraction of sp³-hybridized carbons (Fsp3) is 0. The van der Waals surface area contributed by atoms with Gasteiger partial charge in [0.1, 0.15) is 11.8 Å². The molecule has 6 nitrogen and oxygen atoms in total. The van der Waals surface area contributed by atoms with Crippen molar-refractivity contribution in [3.05, 3.63) is 54.6 Å². The van der Waals surface area contributed by atoms with E-state index in [0.717, 1.165) is 0 Å². The van der Waals surface area contributed by atoms with E-state index in [4.69, 9.17) is 4.74 Å². The van der Waals surface area contributed by atoms with Crippen molar-refractivity contribution in [3.63, 3.8) is 0 Å². The summed E-state index contributed by atoms with van der Waals surface area (Å²) >= 11 is 0. The first-order valence-corrected chi connectivity index (χ1v) is 5.75. The SMILES string of the molecule is O=C([O-])Nc1cccc(OC(=O)Nc2ccccc2)c1. The van der Waals surface area contributed by atoms with Gasteiger partial charge in [-0.2, -0.15) is 0 Å². The fourth-order valence-electron chi connectivity index (χ4n) is 1.53. The molecule has 0 spiro atoms. The molecule has 0 radical (unpaired) electrons. The third-order valence-electron chi connectivity index (χ3n) is 2.31. The Morgan fingerprint density at radius 3 is 2.30 bits per heavy atom. The van der Waals surface area contributed by atoms with Crippen LogP contribution in [0.2, 0.25) is 0 Å². The van der Waals surface area contributed by atoms with Gasteiger partial charge in [0.2, 0.25) is 0 Å². The third-order valence-corrected chi connectivity index (χ3v) is 2.31. The number of carbonyl (C=O) groups excluding carboxylic acids is 2. The molecule has 0 atom stereocenters. The Balaban J connectivity index is 1.99. The summed E-state index contributed by atoms with van der Waals surface area (Å²) in [5.41, 5.74) is 0.858. The molecule has 0 aliphatic heterocycles. The highest BCUT2D eigenvalue weighted by molar-refractivity contribution is 5.86. The zero-order valence-corrected chi connectivity index (χ0v) is 10.3. The number of rotatable bonds is 3. The number of benzene rings is 2. The van der Waals surface area contributed by atoms with Crippen LogP contribution < -0.4 is 20.5 Å². The summed E-state index contributed by atoms with van der Waals surface area (Å²) in [5.74, 6) is 0.213. The molecule has 0 heterocycles. The lowest BCUT2D eigenvalue weighted by molar-refractivity contribution is -0.242. The van der Waals surface area contributed by atoms with E-state index in [9.17, 15) is 14.7 Å². The Labute approximate surface area is 115 Å². The second kappa shape index (κ2) is 6.24.